The largest absolute Gasteiger partial charge is 0.453 e. The molecule has 7 aromatic rings. The van der Waals surface area contributed by atoms with Crippen LogP contribution in [0.5, 0.6) is 6.01 Å². The van der Waals surface area contributed by atoms with Crippen LogP contribution in [0.2, 0.25) is 0 Å². The van der Waals surface area contributed by atoms with E-state index < -0.39 is 35.7 Å². The second-order valence-electron chi connectivity index (χ2n) is 13.6. The van der Waals surface area contributed by atoms with Crippen LogP contribution in [0.1, 0.15) is 39.6 Å². The van der Waals surface area contributed by atoms with E-state index in [0.717, 1.165) is 33.4 Å². The van der Waals surface area contributed by atoms with Crippen molar-refractivity contribution < 1.29 is 18.9 Å². The summed E-state index contributed by atoms with van der Waals surface area (Å²) in [5.74, 6) is 0. The average Bonchev–Trinajstić information content (AvgIpc) is 3.77. The molecule has 2 aliphatic heterocycles. The van der Waals surface area contributed by atoms with Crippen LogP contribution >= 0.6 is 0 Å². The Kier molecular flexibility index (Phi) is 8.97. The van der Waals surface area contributed by atoms with Crippen molar-refractivity contribution in [2.45, 2.75) is 35.7 Å². The Morgan fingerprint density at radius 2 is 0.926 bits per heavy atom. The molecule has 0 amide bonds. The zero-order valence-electron chi connectivity index (χ0n) is 29.4. The lowest BCUT2D eigenvalue weighted by Gasteiger charge is -2.41. The van der Waals surface area contributed by atoms with Crippen molar-refractivity contribution in [3.05, 3.63) is 238 Å². The second kappa shape index (κ2) is 14.4. The minimum atomic E-state index is -1.08. The summed E-state index contributed by atoms with van der Waals surface area (Å²) < 4.78 is 30.3. The molecule has 0 bridgehead atoms. The first-order valence-electron chi connectivity index (χ1n) is 18.2. The van der Waals surface area contributed by atoms with Gasteiger partial charge in [0.2, 0.25) is 0 Å². The third kappa shape index (κ3) is 5.83. The standard InChI is InChI=1S/C47H38N2O5/c50-41-31-32-49-44-43(53-45(49)48-41)42(54-47(37-25-13-4-14-26-37,38-27-15-5-16-28-38)39-29-17-6-18-30-39)40(52-44)33-51-46(34-19-7-1-8-20-34,35-21-9-2-10-22-35)36-23-11-3-12-24-36/h1-32,40,42-44H,33H2/t40-,42-,43-,44-/m1/s1. The molecule has 0 radical (unpaired) electrons. The first kappa shape index (κ1) is 33.7. The minimum absolute atomic E-state index is 0.136. The lowest BCUT2D eigenvalue weighted by atomic mass is 9.79. The van der Waals surface area contributed by atoms with Gasteiger partial charge in [0, 0.05) is 12.3 Å². The molecule has 0 unspecified atom stereocenters. The highest BCUT2D eigenvalue weighted by Gasteiger charge is 2.56. The summed E-state index contributed by atoms with van der Waals surface area (Å²) >= 11 is 0. The van der Waals surface area contributed by atoms with E-state index in [9.17, 15) is 4.79 Å². The van der Waals surface area contributed by atoms with Gasteiger partial charge in [-0.3, -0.25) is 9.36 Å². The lowest BCUT2D eigenvalue weighted by Crippen LogP contribution is -2.47. The maximum absolute atomic E-state index is 12.4. The number of ether oxygens (including phenoxy) is 4. The first-order chi connectivity index (χ1) is 26.7. The number of fused-ring (bicyclic) bond motifs is 3. The maximum Gasteiger partial charge on any atom is 0.302 e. The summed E-state index contributed by atoms with van der Waals surface area (Å²) in [4.78, 5) is 16.6. The molecular formula is C47H38N2O5. The smallest absolute Gasteiger partial charge is 0.302 e. The van der Waals surface area contributed by atoms with Gasteiger partial charge in [-0.2, -0.15) is 4.98 Å². The summed E-state index contributed by atoms with van der Waals surface area (Å²) in [6, 6.07) is 63.2. The third-order valence-corrected chi connectivity index (χ3v) is 10.5. The molecule has 1 fully saturated rings. The van der Waals surface area contributed by atoms with Crippen molar-refractivity contribution in [2.24, 2.45) is 0 Å². The molecule has 6 aromatic carbocycles. The van der Waals surface area contributed by atoms with Gasteiger partial charge in [-0.15, -0.1) is 0 Å². The van der Waals surface area contributed by atoms with Gasteiger partial charge in [-0.25, -0.2) is 0 Å². The van der Waals surface area contributed by atoms with Crippen LogP contribution in [0.15, 0.2) is 199 Å². The number of nitrogens with zero attached hydrogens (tertiary/aromatic N) is 2. The van der Waals surface area contributed by atoms with Crippen molar-refractivity contribution in [2.75, 3.05) is 6.61 Å². The number of rotatable bonds is 11. The van der Waals surface area contributed by atoms with Crippen LogP contribution < -0.4 is 10.3 Å². The Labute approximate surface area is 314 Å². The normalized spacial score (nSPS) is 19.1. The van der Waals surface area contributed by atoms with Crippen LogP contribution in [-0.4, -0.2) is 34.5 Å². The highest BCUT2D eigenvalue weighted by Crippen LogP contribution is 2.49. The average molecular weight is 711 g/mol. The second-order valence-corrected chi connectivity index (χ2v) is 13.6. The molecule has 0 N–H and O–H groups in total. The summed E-state index contributed by atoms with van der Waals surface area (Å²) in [6.45, 7) is 0.136. The molecule has 0 spiro atoms. The van der Waals surface area contributed by atoms with Crippen molar-refractivity contribution >= 4 is 0 Å². The number of benzene rings is 6. The van der Waals surface area contributed by atoms with E-state index in [4.69, 9.17) is 18.9 Å². The zero-order valence-corrected chi connectivity index (χ0v) is 29.4. The number of hydrogen-bond acceptors (Lipinski definition) is 6. The van der Waals surface area contributed by atoms with Crippen LogP contribution in [0.25, 0.3) is 0 Å². The van der Waals surface area contributed by atoms with Crippen molar-refractivity contribution in [3.63, 3.8) is 0 Å². The van der Waals surface area contributed by atoms with Crippen LogP contribution in [0.3, 0.4) is 0 Å². The van der Waals surface area contributed by atoms with E-state index in [1.165, 1.54) is 6.07 Å². The molecule has 4 atom stereocenters. The van der Waals surface area contributed by atoms with Crippen LogP contribution in [0, 0.1) is 0 Å². The SMILES string of the molecule is O=c1ccn2c(n1)O[C@@H]1[C@H](OC(c3ccccc3)(c3ccccc3)c3ccccc3)[C@@H](COC(c3ccccc3)(c3ccccc3)c3ccccc3)O[C@H]12. The highest BCUT2D eigenvalue weighted by atomic mass is 16.7. The number of hydrogen-bond donors (Lipinski definition) is 0. The molecule has 54 heavy (non-hydrogen) atoms. The first-order valence-corrected chi connectivity index (χ1v) is 18.2. The van der Waals surface area contributed by atoms with Gasteiger partial charge in [0.25, 0.3) is 5.56 Å². The summed E-state index contributed by atoms with van der Waals surface area (Å²) in [6.07, 6.45) is -0.920. The highest BCUT2D eigenvalue weighted by molar-refractivity contribution is 5.49. The molecule has 1 aromatic heterocycles. The van der Waals surface area contributed by atoms with E-state index in [2.05, 4.69) is 77.8 Å². The zero-order chi connectivity index (χ0) is 36.4. The van der Waals surface area contributed by atoms with Gasteiger partial charge in [0.05, 0.1) is 6.61 Å². The lowest BCUT2D eigenvalue weighted by molar-refractivity contribution is -0.133. The van der Waals surface area contributed by atoms with Gasteiger partial charge >= 0.3 is 6.01 Å². The van der Waals surface area contributed by atoms with E-state index in [-0.39, 0.29) is 18.2 Å². The Hall–Kier alpha value is -6.12. The fourth-order valence-electron chi connectivity index (χ4n) is 8.04. The van der Waals surface area contributed by atoms with E-state index in [0.29, 0.717) is 0 Å². The van der Waals surface area contributed by atoms with Crippen LogP contribution in [-0.2, 0) is 25.4 Å². The predicted octanol–water partition coefficient (Wildman–Crippen LogP) is 8.29. The van der Waals surface area contributed by atoms with Crippen molar-refractivity contribution in [3.8, 4) is 6.01 Å². The van der Waals surface area contributed by atoms with Gasteiger partial charge < -0.3 is 18.9 Å². The molecule has 3 heterocycles. The molecule has 2 aliphatic rings. The number of aromatic nitrogens is 2. The molecule has 0 saturated carbocycles. The molecule has 1 saturated heterocycles. The topological polar surface area (TPSA) is 71.8 Å². The van der Waals surface area contributed by atoms with Gasteiger partial charge in [0.15, 0.2) is 12.3 Å². The van der Waals surface area contributed by atoms with E-state index in [1.54, 1.807) is 10.8 Å². The minimum Gasteiger partial charge on any atom is -0.453 e. The maximum atomic E-state index is 12.4. The predicted molar refractivity (Wildman–Crippen MR) is 206 cm³/mol. The quantitative estimate of drug-likeness (QED) is 0.126. The molecular weight excluding hydrogens is 673 g/mol. The summed E-state index contributed by atoms with van der Waals surface area (Å²) in [5, 5.41) is 0. The van der Waals surface area contributed by atoms with Crippen molar-refractivity contribution in [1.29, 1.82) is 0 Å². The summed E-state index contributed by atoms with van der Waals surface area (Å²) in [7, 11) is 0. The summed E-state index contributed by atoms with van der Waals surface area (Å²) in [5.41, 5.74) is 3.32. The Balaban J connectivity index is 1.20. The van der Waals surface area contributed by atoms with Crippen LogP contribution in [0.4, 0.5) is 0 Å². The Bertz CT molecular complexity index is 2170. The fraction of sp³-hybridized carbons (Fsp3) is 0.149. The Morgan fingerprint density at radius 3 is 1.33 bits per heavy atom. The van der Waals surface area contributed by atoms with Gasteiger partial charge in [-0.05, 0) is 33.4 Å². The molecule has 9 rings (SSSR count). The van der Waals surface area contributed by atoms with E-state index >= 15 is 0 Å². The van der Waals surface area contributed by atoms with Crippen molar-refractivity contribution in [1.82, 2.24) is 9.55 Å². The van der Waals surface area contributed by atoms with Gasteiger partial charge in [0.1, 0.15) is 23.4 Å². The molecule has 7 nitrogen and oxygen atoms in total. The van der Waals surface area contributed by atoms with Gasteiger partial charge in [-0.1, -0.05) is 182 Å². The fourth-order valence-corrected chi connectivity index (χ4v) is 8.04. The molecule has 266 valence electrons. The Morgan fingerprint density at radius 1 is 0.537 bits per heavy atom. The molecule has 0 aliphatic carbocycles. The monoisotopic (exact) mass is 710 g/mol. The third-order valence-electron chi connectivity index (χ3n) is 10.5. The van der Waals surface area contributed by atoms with E-state index in [1.807, 2.05) is 109 Å². The molecule has 7 heteroatoms.